The average Bonchev–Trinajstić information content (AvgIpc) is 2.96. The molecule has 0 amide bonds. The molecule has 1 saturated carbocycles. The lowest BCUT2D eigenvalue weighted by Gasteiger charge is -2.13. The summed E-state index contributed by atoms with van der Waals surface area (Å²) < 4.78 is 4.41. The second-order valence-corrected chi connectivity index (χ2v) is 6.91. The average molecular weight is 309 g/mol. The highest BCUT2D eigenvalue weighted by atomic mass is 35.5. The number of esters is 1. The minimum Gasteiger partial charge on any atom is -0.460 e. The topological polar surface area (TPSA) is 26.3 Å². The van der Waals surface area contributed by atoms with Crippen LogP contribution in [0, 0.1) is 5.41 Å². The summed E-state index contributed by atoms with van der Waals surface area (Å²) >= 11 is 12.0. The van der Waals surface area contributed by atoms with E-state index in [4.69, 9.17) is 27.9 Å². The Hall–Kier alpha value is -1.25. The Morgan fingerprint density at radius 2 is 1.85 bits per heavy atom. The van der Waals surface area contributed by atoms with Gasteiger partial charge < -0.3 is 4.74 Å². The molecular weight excluding hydrogens is 295 g/mol. The van der Waals surface area contributed by atoms with Gasteiger partial charge in [-0.2, -0.15) is 0 Å². The van der Waals surface area contributed by atoms with Crippen molar-refractivity contribution in [2.75, 3.05) is 0 Å². The fourth-order valence-corrected chi connectivity index (χ4v) is 3.03. The van der Waals surface area contributed by atoms with Crippen LogP contribution in [0.5, 0.6) is 0 Å². The van der Waals surface area contributed by atoms with Crippen LogP contribution >= 0.6 is 23.2 Å². The molecule has 20 heavy (non-hydrogen) atoms. The molecule has 1 atom stereocenters. The summed E-state index contributed by atoms with van der Waals surface area (Å²) in [6.07, 6.45) is 0.442. The molecule has 0 aliphatic heterocycles. The number of carbonyl (C=O) groups excluding carboxylic acids is 1. The number of halogens is 2. The second kappa shape index (κ2) is 4.64. The lowest BCUT2D eigenvalue weighted by atomic mass is 10.1. The van der Waals surface area contributed by atoms with Gasteiger partial charge in [-0.3, -0.25) is 4.79 Å². The van der Waals surface area contributed by atoms with Crippen LogP contribution in [0.4, 0.5) is 0 Å². The fraction of sp³-hybridized carbons (Fsp3) is 0.312. The van der Waals surface area contributed by atoms with E-state index in [0.717, 1.165) is 16.3 Å². The molecule has 2 nitrogen and oxygen atoms in total. The monoisotopic (exact) mass is 308 g/mol. The fourth-order valence-electron chi connectivity index (χ4n) is 2.34. The third-order valence-corrected chi connectivity index (χ3v) is 5.05. The molecular formula is C16H14Cl2O2. The van der Waals surface area contributed by atoms with Gasteiger partial charge in [0.15, 0.2) is 0 Å². The Morgan fingerprint density at radius 1 is 1.20 bits per heavy atom. The molecule has 1 fully saturated rings. The number of carbonyl (C=O) groups is 1. The first kappa shape index (κ1) is 13.7. The molecule has 0 heterocycles. The Labute approximate surface area is 127 Å². The smallest absolute Gasteiger partial charge is 0.315 e. The van der Waals surface area contributed by atoms with Crippen molar-refractivity contribution in [3.05, 3.63) is 48.0 Å². The molecule has 4 heteroatoms. The Morgan fingerprint density at radius 3 is 2.55 bits per heavy atom. The van der Waals surface area contributed by atoms with Crippen LogP contribution in [0.2, 0.25) is 0 Å². The highest BCUT2D eigenvalue weighted by Gasteiger charge is 2.69. The largest absolute Gasteiger partial charge is 0.460 e. The van der Waals surface area contributed by atoms with Crippen molar-refractivity contribution < 1.29 is 9.53 Å². The molecule has 1 aliphatic carbocycles. The molecule has 2 aromatic carbocycles. The van der Waals surface area contributed by atoms with Gasteiger partial charge in [0.05, 0.1) is 0 Å². The summed E-state index contributed by atoms with van der Waals surface area (Å²) in [6.45, 7) is 1.97. The van der Waals surface area contributed by atoms with Crippen LogP contribution in [0.25, 0.3) is 10.8 Å². The molecule has 0 saturated heterocycles. The van der Waals surface area contributed by atoms with Gasteiger partial charge in [0.25, 0.3) is 0 Å². The highest BCUT2D eigenvalue weighted by molar-refractivity contribution is 6.53. The third kappa shape index (κ3) is 2.17. The van der Waals surface area contributed by atoms with E-state index in [9.17, 15) is 4.79 Å². The van der Waals surface area contributed by atoms with Gasteiger partial charge in [0.2, 0.25) is 0 Å². The van der Waals surface area contributed by atoms with Gasteiger partial charge in [-0.25, -0.2) is 0 Å². The predicted octanol–water partition coefficient (Wildman–Crippen LogP) is 4.47. The van der Waals surface area contributed by atoms with Gasteiger partial charge in [-0.15, -0.1) is 23.2 Å². The first-order chi connectivity index (χ1) is 9.44. The van der Waals surface area contributed by atoms with E-state index in [2.05, 4.69) is 0 Å². The quantitative estimate of drug-likeness (QED) is 0.618. The van der Waals surface area contributed by atoms with Crippen molar-refractivity contribution in [3.8, 4) is 0 Å². The second-order valence-electron chi connectivity index (χ2n) is 5.43. The van der Waals surface area contributed by atoms with Crippen LogP contribution in [0.15, 0.2) is 42.5 Å². The zero-order valence-electron chi connectivity index (χ0n) is 11.0. The zero-order chi connectivity index (χ0) is 14.4. The number of benzene rings is 2. The van der Waals surface area contributed by atoms with Crippen LogP contribution in [-0.4, -0.2) is 10.3 Å². The van der Waals surface area contributed by atoms with Crippen molar-refractivity contribution >= 4 is 39.9 Å². The number of rotatable bonds is 3. The van der Waals surface area contributed by atoms with Gasteiger partial charge in [0, 0.05) is 6.42 Å². The number of alkyl halides is 2. The summed E-state index contributed by atoms with van der Waals surface area (Å²) in [5, 5.41) is 2.22. The maximum Gasteiger partial charge on any atom is 0.315 e. The first-order valence-electron chi connectivity index (χ1n) is 6.46. The van der Waals surface area contributed by atoms with Gasteiger partial charge in [-0.05, 0) is 23.3 Å². The van der Waals surface area contributed by atoms with Gasteiger partial charge in [-0.1, -0.05) is 42.5 Å². The van der Waals surface area contributed by atoms with E-state index in [-0.39, 0.29) is 12.6 Å². The molecule has 0 aromatic heterocycles. The third-order valence-electron chi connectivity index (χ3n) is 3.95. The number of ether oxygens (including phenoxy) is 1. The summed E-state index contributed by atoms with van der Waals surface area (Å²) in [5.41, 5.74) is 0.205. The summed E-state index contributed by atoms with van der Waals surface area (Å²) in [4.78, 5) is 12.1. The van der Waals surface area contributed by atoms with Crippen LogP contribution in [0.1, 0.15) is 18.9 Å². The summed E-state index contributed by atoms with van der Waals surface area (Å²) in [7, 11) is 0. The van der Waals surface area contributed by atoms with Crippen LogP contribution in [-0.2, 0) is 16.1 Å². The molecule has 0 spiro atoms. The van der Waals surface area contributed by atoms with Crippen LogP contribution < -0.4 is 0 Å². The number of hydrogen-bond acceptors (Lipinski definition) is 2. The lowest BCUT2D eigenvalue weighted by molar-refractivity contribution is -0.150. The molecule has 104 valence electrons. The normalized spacial score (nSPS) is 23.6. The van der Waals surface area contributed by atoms with Crippen molar-refractivity contribution in [3.63, 3.8) is 0 Å². The molecule has 2 aromatic rings. The number of hydrogen-bond donors (Lipinski definition) is 0. The summed E-state index contributed by atoms with van der Waals surface area (Å²) in [5.74, 6) is -0.338. The Balaban J connectivity index is 1.77. The van der Waals surface area contributed by atoms with Gasteiger partial charge >= 0.3 is 5.97 Å². The molecule has 0 radical (unpaired) electrons. The van der Waals surface area contributed by atoms with Crippen molar-refractivity contribution in [2.24, 2.45) is 5.41 Å². The van der Waals surface area contributed by atoms with Crippen molar-refractivity contribution in [1.82, 2.24) is 0 Å². The minimum atomic E-state index is -0.983. The lowest BCUT2D eigenvalue weighted by Crippen LogP contribution is -2.21. The van der Waals surface area contributed by atoms with Gasteiger partial charge in [0.1, 0.15) is 16.4 Å². The summed E-state index contributed by atoms with van der Waals surface area (Å²) in [6, 6.07) is 14.0. The molecule has 0 N–H and O–H groups in total. The minimum absolute atomic E-state index is 0.236. The molecule has 3 rings (SSSR count). The van der Waals surface area contributed by atoms with E-state index < -0.39 is 9.75 Å². The highest BCUT2D eigenvalue weighted by Crippen LogP contribution is 2.64. The molecule has 0 bridgehead atoms. The van der Waals surface area contributed by atoms with Crippen molar-refractivity contribution in [2.45, 2.75) is 24.3 Å². The maximum atomic E-state index is 12.1. The maximum absolute atomic E-state index is 12.1. The van der Waals surface area contributed by atoms with E-state index >= 15 is 0 Å². The Bertz CT molecular complexity index is 676. The van der Waals surface area contributed by atoms with Crippen LogP contribution in [0.3, 0.4) is 0 Å². The predicted molar refractivity (Wildman–Crippen MR) is 80.9 cm³/mol. The Kier molecular flexibility index (Phi) is 3.19. The van der Waals surface area contributed by atoms with E-state index in [1.807, 2.05) is 42.5 Å². The molecule has 1 aliphatic rings. The first-order valence-corrected chi connectivity index (χ1v) is 7.21. The van der Waals surface area contributed by atoms with E-state index in [1.54, 1.807) is 6.92 Å². The van der Waals surface area contributed by atoms with E-state index in [1.165, 1.54) is 0 Å². The van der Waals surface area contributed by atoms with E-state index in [0.29, 0.717) is 6.42 Å². The SMILES string of the molecule is CC1(C(=O)OCc2cccc3ccccc23)CC1(Cl)Cl. The number of fused-ring (bicyclic) bond motifs is 1. The molecule has 1 unspecified atom stereocenters. The standard InChI is InChI=1S/C16H14Cl2O2/c1-15(10-16(15,17)18)14(19)20-9-12-7-4-6-11-5-2-3-8-13(11)12/h2-8H,9-10H2,1H3. The zero-order valence-corrected chi connectivity index (χ0v) is 12.5. The van der Waals surface area contributed by atoms with Crippen molar-refractivity contribution in [1.29, 1.82) is 0 Å².